The molecule has 0 atom stereocenters. The maximum atomic E-state index is 6.36. The van der Waals surface area contributed by atoms with Gasteiger partial charge in [-0.1, -0.05) is 0 Å². The Balaban J connectivity index is 5.13. The van der Waals surface area contributed by atoms with Crippen LogP contribution in [-0.4, -0.2) is 25.4 Å². The Hall–Kier alpha value is -0.0213. The van der Waals surface area contributed by atoms with Crippen LogP contribution in [0.1, 0.15) is 48.5 Å². The third-order valence-corrected chi connectivity index (χ3v) is 13.8. The molecule has 19 heavy (non-hydrogen) atoms. The average Bonchev–Trinajstić information content (AvgIpc) is 2.31. The second kappa shape index (κ2) is 9.82. The summed E-state index contributed by atoms with van der Waals surface area (Å²) in [6.07, 6.45) is 7.18. The Bertz CT molecular complexity index is 288. The zero-order chi connectivity index (χ0) is 14.9. The van der Waals surface area contributed by atoms with Crippen molar-refractivity contribution in [1.29, 1.82) is 0 Å². The molecule has 0 radical (unpaired) electrons. The van der Waals surface area contributed by atoms with Gasteiger partial charge in [0.25, 0.3) is 0 Å². The Labute approximate surface area is 125 Å². The van der Waals surface area contributed by atoms with Crippen molar-refractivity contribution in [3.63, 3.8) is 0 Å². The molecule has 0 fully saturated rings. The molecule has 0 spiro atoms. The molecule has 0 aliphatic carbocycles. The molecule has 0 aliphatic heterocycles. The molecule has 0 saturated heterocycles. The maximum absolute atomic E-state index is 6.36. The fourth-order valence-corrected chi connectivity index (χ4v) is 12.8. The van der Waals surface area contributed by atoms with Crippen LogP contribution in [0.15, 0.2) is 34.9 Å². The van der Waals surface area contributed by atoms with Crippen LogP contribution in [0.25, 0.3) is 0 Å². The number of hydrogen-bond donors (Lipinski definition) is 0. The first-order chi connectivity index (χ1) is 8.81. The van der Waals surface area contributed by atoms with E-state index in [9.17, 15) is 0 Å². The minimum absolute atomic E-state index is 0.861. The van der Waals surface area contributed by atoms with Crippen molar-refractivity contribution in [3.05, 3.63) is 34.9 Å². The van der Waals surface area contributed by atoms with E-state index in [0.29, 0.717) is 0 Å². The normalized spacial score (nSPS) is 10.9. The molecule has 0 aromatic heterocycles. The van der Waals surface area contributed by atoms with Crippen LogP contribution in [0.3, 0.4) is 0 Å². The van der Waals surface area contributed by atoms with Gasteiger partial charge in [-0.15, -0.1) is 0 Å². The van der Waals surface area contributed by atoms with E-state index < -0.39 is 18.8 Å². The van der Waals surface area contributed by atoms with Gasteiger partial charge in [-0.05, 0) is 0 Å². The molecule has 1 nitrogen and oxygen atoms in total. The zero-order valence-electron chi connectivity index (χ0n) is 14.0. The third kappa shape index (κ3) is 9.50. The zero-order valence-corrected chi connectivity index (χ0v) is 16.8. The predicted octanol–water partition coefficient (Wildman–Crippen LogP) is 5.87. The first kappa shape index (κ1) is 19.0. The van der Waals surface area contributed by atoms with Gasteiger partial charge in [-0.25, -0.2) is 0 Å². The fraction of sp³-hybridized carbons (Fsp3) is 0.647. The molecule has 110 valence electrons. The van der Waals surface area contributed by atoms with Gasteiger partial charge in [0.05, 0.1) is 0 Å². The second-order valence-corrected chi connectivity index (χ2v) is 17.1. The van der Waals surface area contributed by atoms with Crippen LogP contribution < -0.4 is 0 Å². The number of hydrogen-bond acceptors (Lipinski definition) is 1. The van der Waals surface area contributed by atoms with E-state index in [-0.39, 0.29) is 0 Å². The van der Waals surface area contributed by atoms with Crippen LogP contribution in [0.4, 0.5) is 0 Å². The van der Waals surface area contributed by atoms with E-state index in [1.54, 1.807) is 0 Å². The molecule has 0 heterocycles. The summed E-state index contributed by atoms with van der Waals surface area (Å²) in [4.78, 5) is 0. The molecule has 0 unspecified atom stereocenters. The molecule has 0 saturated carbocycles. The summed E-state index contributed by atoms with van der Waals surface area (Å²) in [5.74, 6) is 0. The van der Waals surface area contributed by atoms with Crippen molar-refractivity contribution in [1.82, 2.24) is 0 Å². The van der Waals surface area contributed by atoms with Gasteiger partial charge in [0, 0.05) is 0 Å². The van der Waals surface area contributed by atoms with Crippen molar-refractivity contribution in [2.75, 3.05) is 6.61 Å². The van der Waals surface area contributed by atoms with Crippen LogP contribution in [0.2, 0.25) is 13.3 Å². The minimum atomic E-state index is -2.55. The molecule has 0 aromatic carbocycles. The van der Waals surface area contributed by atoms with E-state index in [0.717, 1.165) is 6.61 Å². The van der Waals surface area contributed by atoms with Crippen molar-refractivity contribution < 1.29 is 3.07 Å². The Morgan fingerprint density at radius 1 is 0.737 bits per heavy atom. The molecular weight excluding hydrogens is 339 g/mol. The molecule has 0 bridgehead atoms. The number of rotatable bonds is 8. The van der Waals surface area contributed by atoms with Gasteiger partial charge < -0.3 is 0 Å². The third-order valence-electron chi connectivity index (χ3n) is 3.10. The quantitative estimate of drug-likeness (QED) is 0.383. The van der Waals surface area contributed by atoms with E-state index in [2.05, 4.69) is 66.7 Å². The summed E-state index contributed by atoms with van der Waals surface area (Å²) in [7, 11) is 0. The fourth-order valence-electron chi connectivity index (χ4n) is 1.90. The van der Waals surface area contributed by atoms with Crippen molar-refractivity contribution >= 4 is 18.8 Å². The molecule has 0 amide bonds. The molecule has 0 aromatic rings. The Kier molecular flexibility index (Phi) is 9.80. The monoisotopic (exact) mass is 372 g/mol. The predicted molar refractivity (Wildman–Crippen MR) is 90.1 cm³/mol. The first-order valence-corrected chi connectivity index (χ1v) is 14.6. The average molecular weight is 371 g/mol. The summed E-state index contributed by atoms with van der Waals surface area (Å²) in [6, 6.07) is 0. The molecule has 0 aliphatic rings. The van der Waals surface area contributed by atoms with E-state index in [1.165, 1.54) is 30.0 Å². The molecule has 2 heteroatoms. The van der Waals surface area contributed by atoms with Gasteiger partial charge in [0.1, 0.15) is 0 Å². The van der Waals surface area contributed by atoms with Crippen molar-refractivity contribution in [2.45, 2.75) is 61.8 Å². The summed E-state index contributed by atoms with van der Waals surface area (Å²) < 4.78 is 9.94. The van der Waals surface area contributed by atoms with Gasteiger partial charge in [-0.3, -0.25) is 0 Å². The number of allylic oxidation sites excluding steroid dienone is 6. The summed E-state index contributed by atoms with van der Waals surface area (Å²) in [6.45, 7) is 16.1. The van der Waals surface area contributed by atoms with Gasteiger partial charge in [0.2, 0.25) is 0 Å². The van der Waals surface area contributed by atoms with Crippen LogP contribution in [-0.2, 0) is 3.07 Å². The standard InChI is InChI=1S/3C5H9.C2H5O.Sn/c3*1-4-5(2)3;1-2-3;/h3*4H,1H2,2-3H3;2H2,1H3;/q;;;-1;+1. The Morgan fingerprint density at radius 3 is 1.26 bits per heavy atom. The van der Waals surface area contributed by atoms with Gasteiger partial charge in [0.15, 0.2) is 0 Å². The van der Waals surface area contributed by atoms with Crippen LogP contribution in [0, 0.1) is 0 Å². The van der Waals surface area contributed by atoms with E-state index >= 15 is 0 Å². The Morgan fingerprint density at radius 2 is 1.05 bits per heavy atom. The van der Waals surface area contributed by atoms with Crippen molar-refractivity contribution in [3.8, 4) is 0 Å². The SMILES string of the molecule is CC[O][Sn]([CH2]C=C(C)C)([CH2]C=C(C)C)[CH2]C=C(C)C. The summed E-state index contributed by atoms with van der Waals surface area (Å²) >= 11 is -2.55. The van der Waals surface area contributed by atoms with Crippen molar-refractivity contribution in [2.24, 2.45) is 0 Å². The van der Waals surface area contributed by atoms with Crippen LogP contribution >= 0.6 is 0 Å². The molecule has 0 N–H and O–H groups in total. The van der Waals surface area contributed by atoms with Crippen LogP contribution in [0.5, 0.6) is 0 Å². The summed E-state index contributed by atoms with van der Waals surface area (Å²) in [5, 5.41) is 0. The topological polar surface area (TPSA) is 9.23 Å². The first-order valence-electron chi connectivity index (χ1n) is 7.35. The molecule has 0 rings (SSSR count). The van der Waals surface area contributed by atoms with Gasteiger partial charge in [-0.2, -0.15) is 0 Å². The van der Waals surface area contributed by atoms with E-state index in [4.69, 9.17) is 3.07 Å². The van der Waals surface area contributed by atoms with Gasteiger partial charge >= 0.3 is 125 Å². The molecular formula is C17H32OSn. The van der Waals surface area contributed by atoms with E-state index in [1.807, 2.05) is 0 Å². The summed E-state index contributed by atoms with van der Waals surface area (Å²) in [5.41, 5.74) is 4.24. The second-order valence-electron chi connectivity index (χ2n) is 6.07.